The quantitative estimate of drug-likeness (QED) is 0.179. The Morgan fingerprint density at radius 1 is 0.605 bits per heavy atom. The molecule has 0 N–H and O–H groups in total. The molecule has 38 heavy (non-hydrogen) atoms. The minimum Gasteiger partial charge on any atom is -0.462 e. The Morgan fingerprint density at radius 3 is 1.24 bits per heavy atom. The number of benzene rings is 5. The number of nitrogens with zero attached hydrogens (tertiary/aromatic N) is 2. The Morgan fingerprint density at radius 2 is 0.947 bits per heavy atom. The standard InChI is InChI=1S/C24H20B.C9H9N2O2/c1-5-13-21(14-6-1)25(22-15-7-2-8-16-22,23-17-9-3-10-18-23)24-19-11-4-12-20-24;1-2-13-9(12)7-3-5-8(11-10)6-4-7/h1-20H;3-6H,2H2,1H3/q-1;+1. The SMILES string of the molecule is CCOC(=O)c1ccc([N+]#N)cc1.c1ccc([B-](c2ccccc2)(c2ccccc2)c2ccccc2)cc1. The maximum atomic E-state index is 11.1. The van der Waals surface area contributed by atoms with Crippen LogP contribution in [0, 0.1) is 5.39 Å². The van der Waals surface area contributed by atoms with Gasteiger partial charge in [0.25, 0.3) is 0 Å². The fourth-order valence-electron chi connectivity index (χ4n) is 5.00. The molecule has 0 fully saturated rings. The van der Waals surface area contributed by atoms with Crippen LogP contribution in [0.2, 0.25) is 0 Å². The van der Waals surface area contributed by atoms with Gasteiger partial charge in [-0.2, -0.15) is 21.9 Å². The first-order valence-corrected chi connectivity index (χ1v) is 12.7. The van der Waals surface area contributed by atoms with E-state index in [0.717, 1.165) is 0 Å². The summed E-state index contributed by atoms with van der Waals surface area (Å²) in [5.41, 5.74) is 6.22. The second-order valence-corrected chi connectivity index (χ2v) is 8.88. The summed E-state index contributed by atoms with van der Waals surface area (Å²) in [7, 11) is 0. The third-order valence-corrected chi connectivity index (χ3v) is 6.69. The van der Waals surface area contributed by atoms with Crippen LogP contribution in [0.15, 0.2) is 146 Å². The van der Waals surface area contributed by atoms with Crippen LogP contribution in [0.25, 0.3) is 4.98 Å². The summed E-state index contributed by atoms with van der Waals surface area (Å²) in [6, 6.07) is 49.7. The van der Waals surface area contributed by atoms with E-state index in [1.165, 1.54) is 34.0 Å². The number of ether oxygens (including phenoxy) is 1. The Labute approximate surface area is 224 Å². The summed E-state index contributed by atoms with van der Waals surface area (Å²) in [5, 5.41) is 8.38. The Balaban J connectivity index is 0.000000219. The molecule has 0 amide bonds. The highest BCUT2D eigenvalue weighted by Gasteiger charge is 2.31. The third kappa shape index (κ3) is 5.72. The fraction of sp³-hybridized carbons (Fsp3) is 0.0606. The van der Waals surface area contributed by atoms with E-state index >= 15 is 0 Å². The van der Waals surface area contributed by atoms with Crippen LogP contribution in [-0.4, -0.2) is 18.7 Å². The molecule has 0 bridgehead atoms. The summed E-state index contributed by atoms with van der Waals surface area (Å²) >= 11 is 0. The molecular weight excluding hydrogens is 467 g/mol. The molecule has 5 aromatic carbocycles. The molecule has 4 nitrogen and oxygen atoms in total. The van der Waals surface area contributed by atoms with Gasteiger partial charge in [0.05, 0.1) is 12.2 Å². The van der Waals surface area contributed by atoms with E-state index < -0.39 is 6.15 Å². The lowest BCUT2D eigenvalue weighted by molar-refractivity contribution is 0.0526. The van der Waals surface area contributed by atoms with Crippen LogP contribution >= 0.6 is 0 Å². The maximum absolute atomic E-state index is 11.1. The zero-order valence-corrected chi connectivity index (χ0v) is 21.4. The Kier molecular flexibility index (Phi) is 8.83. The van der Waals surface area contributed by atoms with Gasteiger partial charge in [-0.05, 0) is 19.1 Å². The van der Waals surface area contributed by atoms with Gasteiger partial charge in [-0.15, -0.1) is 0 Å². The van der Waals surface area contributed by atoms with Gasteiger partial charge in [0.1, 0.15) is 6.15 Å². The average Bonchev–Trinajstić information content (AvgIpc) is 3.00. The van der Waals surface area contributed by atoms with Crippen molar-refractivity contribution in [2.45, 2.75) is 6.92 Å². The number of hydrogen-bond donors (Lipinski definition) is 0. The smallest absolute Gasteiger partial charge is 0.385 e. The van der Waals surface area contributed by atoms with Crippen LogP contribution in [0.5, 0.6) is 0 Å². The highest BCUT2D eigenvalue weighted by Crippen LogP contribution is 2.13. The topological polar surface area (TPSA) is 54.5 Å². The molecule has 0 spiro atoms. The molecule has 0 aromatic heterocycles. The van der Waals surface area contributed by atoms with Crippen molar-refractivity contribution in [1.29, 1.82) is 5.39 Å². The number of rotatable bonds is 6. The zero-order valence-electron chi connectivity index (χ0n) is 21.4. The number of esters is 1. The molecule has 0 aliphatic rings. The van der Waals surface area contributed by atoms with Crippen LogP contribution in [-0.2, 0) is 4.74 Å². The maximum Gasteiger partial charge on any atom is 0.385 e. The van der Waals surface area contributed by atoms with E-state index in [9.17, 15) is 4.79 Å². The molecule has 0 heterocycles. The minimum absolute atomic E-state index is 0.352. The molecule has 0 aliphatic heterocycles. The molecule has 5 aromatic rings. The molecule has 186 valence electrons. The van der Waals surface area contributed by atoms with E-state index in [2.05, 4.69) is 126 Å². The summed E-state index contributed by atoms with van der Waals surface area (Å²) in [6.07, 6.45) is -1.22. The van der Waals surface area contributed by atoms with Crippen molar-refractivity contribution in [1.82, 2.24) is 0 Å². The first kappa shape index (κ1) is 26.1. The first-order chi connectivity index (χ1) is 18.7. The van der Waals surface area contributed by atoms with E-state index in [4.69, 9.17) is 10.1 Å². The van der Waals surface area contributed by atoms with Crippen LogP contribution in [0.3, 0.4) is 0 Å². The summed E-state index contributed by atoms with van der Waals surface area (Å²) in [6.45, 7) is 2.10. The summed E-state index contributed by atoms with van der Waals surface area (Å²) in [4.78, 5) is 14.1. The minimum atomic E-state index is -1.22. The van der Waals surface area contributed by atoms with Crippen molar-refractivity contribution in [2.75, 3.05) is 6.61 Å². The lowest BCUT2D eigenvalue weighted by atomic mass is 9.13. The number of hydrogen-bond acceptors (Lipinski definition) is 3. The van der Waals surface area contributed by atoms with Crippen LogP contribution in [0.1, 0.15) is 17.3 Å². The van der Waals surface area contributed by atoms with Crippen molar-refractivity contribution >= 4 is 39.7 Å². The van der Waals surface area contributed by atoms with Crippen molar-refractivity contribution in [3.8, 4) is 0 Å². The zero-order chi connectivity index (χ0) is 26.6. The molecule has 5 heteroatoms. The largest absolute Gasteiger partial charge is 0.462 e. The van der Waals surface area contributed by atoms with Crippen molar-refractivity contribution in [3.05, 3.63) is 156 Å². The van der Waals surface area contributed by atoms with Gasteiger partial charge < -0.3 is 4.74 Å². The molecule has 0 radical (unpaired) electrons. The van der Waals surface area contributed by atoms with Crippen molar-refractivity contribution < 1.29 is 9.53 Å². The van der Waals surface area contributed by atoms with Gasteiger partial charge in [-0.25, -0.2) is 4.79 Å². The normalized spacial score (nSPS) is 10.4. The monoisotopic (exact) mass is 496 g/mol. The number of carbonyl (C=O) groups is 1. The molecule has 0 unspecified atom stereocenters. The number of diazo groups is 1. The van der Waals surface area contributed by atoms with Gasteiger partial charge in [0.15, 0.2) is 4.98 Å². The lowest BCUT2D eigenvalue weighted by Crippen LogP contribution is -2.74. The second-order valence-electron chi connectivity index (χ2n) is 8.88. The predicted molar refractivity (Wildman–Crippen MR) is 157 cm³/mol. The van der Waals surface area contributed by atoms with E-state index in [1.807, 2.05) is 0 Å². The van der Waals surface area contributed by atoms with Crippen molar-refractivity contribution in [3.63, 3.8) is 0 Å². The average molecular weight is 496 g/mol. The van der Waals surface area contributed by atoms with Crippen LogP contribution in [0.4, 0.5) is 5.69 Å². The van der Waals surface area contributed by atoms with E-state index in [1.54, 1.807) is 19.1 Å². The molecule has 0 atom stereocenters. The highest BCUT2D eigenvalue weighted by molar-refractivity contribution is 7.19. The van der Waals surface area contributed by atoms with Gasteiger partial charge in [0.2, 0.25) is 5.39 Å². The molecule has 0 saturated heterocycles. The Bertz CT molecular complexity index is 1310. The predicted octanol–water partition coefficient (Wildman–Crippen LogP) is 5.41. The van der Waals surface area contributed by atoms with Gasteiger partial charge in [0, 0.05) is 12.1 Å². The van der Waals surface area contributed by atoms with Gasteiger partial charge >= 0.3 is 11.7 Å². The molecule has 0 saturated carbocycles. The molecule has 5 rings (SSSR count). The third-order valence-electron chi connectivity index (χ3n) is 6.69. The lowest BCUT2D eigenvalue weighted by Gasteiger charge is -2.44. The van der Waals surface area contributed by atoms with Crippen LogP contribution < -0.4 is 21.9 Å². The van der Waals surface area contributed by atoms with Crippen molar-refractivity contribution in [2.24, 2.45) is 0 Å². The van der Waals surface area contributed by atoms with E-state index in [-0.39, 0.29) is 5.97 Å². The molecular formula is C33H29BN2O2. The first-order valence-electron chi connectivity index (χ1n) is 12.7. The second kappa shape index (κ2) is 12.8. The highest BCUT2D eigenvalue weighted by atomic mass is 16.5. The Hall–Kier alpha value is -4.95. The summed E-state index contributed by atoms with van der Waals surface area (Å²) in [5.74, 6) is -0.369. The number of carbonyl (C=O) groups excluding carboxylic acids is 1. The van der Waals surface area contributed by atoms with E-state index in [0.29, 0.717) is 17.9 Å². The van der Waals surface area contributed by atoms with Gasteiger partial charge in [-0.3, -0.25) is 0 Å². The molecule has 0 aliphatic carbocycles. The van der Waals surface area contributed by atoms with Gasteiger partial charge in [-0.1, -0.05) is 121 Å². The summed E-state index contributed by atoms with van der Waals surface area (Å²) < 4.78 is 4.77. The fourth-order valence-corrected chi connectivity index (χ4v) is 5.00.